The summed E-state index contributed by atoms with van der Waals surface area (Å²) in [4.78, 5) is 13.7. The van der Waals surface area contributed by atoms with Crippen molar-refractivity contribution in [3.63, 3.8) is 0 Å². The zero-order valence-corrected chi connectivity index (χ0v) is 13.9. The van der Waals surface area contributed by atoms with E-state index >= 15 is 0 Å². The van der Waals surface area contributed by atoms with Gasteiger partial charge in [-0.15, -0.1) is 10.2 Å². The summed E-state index contributed by atoms with van der Waals surface area (Å²) in [6.45, 7) is 0. The third-order valence-electron chi connectivity index (χ3n) is 3.86. The van der Waals surface area contributed by atoms with E-state index in [1.807, 2.05) is 78.9 Å². The maximum Gasteiger partial charge on any atom is 0.248 e. The molecule has 1 amide bonds. The predicted molar refractivity (Wildman–Crippen MR) is 103 cm³/mol. The molecule has 0 unspecified atom stereocenters. The van der Waals surface area contributed by atoms with Gasteiger partial charge in [-0.2, -0.15) is 4.80 Å². The van der Waals surface area contributed by atoms with Crippen LogP contribution < -0.4 is 5.32 Å². The molecule has 126 valence electrons. The van der Waals surface area contributed by atoms with Crippen molar-refractivity contribution in [2.45, 2.75) is 0 Å². The molecule has 0 saturated carbocycles. The number of hydrogen-bond donors (Lipinski definition) is 1. The fraction of sp³-hybridized carbons (Fsp3) is 0. The van der Waals surface area contributed by atoms with Crippen molar-refractivity contribution in [3.05, 3.63) is 90.5 Å². The minimum absolute atomic E-state index is 0.191. The van der Waals surface area contributed by atoms with Gasteiger partial charge in [-0.25, -0.2) is 0 Å². The van der Waals surface area contributed by atoms with Crippen molar-refractivity contribution in [2.24, 2.45) is 0 Å². The SMILES string of the molecule is O=C(/C=C\c1ccccc1)Nc1ccc2nn(-c3ccccc3)nc2c1. The molecule has 4 aromatic rings. The summed E-state index contributed by atoms with van der Waals surface area (Å²) < 4.78 is 0. The number of carbonyl (C=O) groups excluding carboxylic acids is 1. The van der Waals surface area contributed by atoms with Crippen LogP contribution in [-0.2, 0) is 4.79 Å². The first-order valence-corrected chi connectivity index (χ1v) is 8.25. The van der Waals surface area contributed by atoms with E-state index < -0.39 is 0 Å². The highest BCUT2D eigenvalue weighted by Crippen LogP contribution is 2.17. The molecule has 0 bridgehead atoms. The van der Waals surface area contributed by atoms with E-state index in [9.17, 15) is 4.79 Å². The lowest BCUT2D eigenvalue weighted by Crippen LogP contribution is -2.07. The highest BCUT2D eigenvalue weighted by molar-refractivity contribution is 6.02. The number of anilines is 1. The number of rotatable bonds is 4. The van der Waals surface area contributed by atoms with Crippen LogP contribution >= 0.6 is 0 Å². The van der Waals surface area contributed by atoms with E-state index in [-0.39, 0.29) is 5.91 Å². The second kappa shape index (κ2) is 7.03. The predicted octanol–water partition coefficient (Wildman–Crippen LogP) is 4.07. The van der Waals surface area contributed by atoms with Gasteiger partial charge in [0.2, 0.25) is 5.91 Å². The molecule has 3 aromatic carbocycles. The van der Waals surface area contributed by atoms with Gasteiger partial charge in [0.25, 0.3) is 0 Å². The number of hydrogen-bond acceptors (Lipinski definition) is 3. The number of nitrogens with one attached hydrogen (secondary N) is 1. The van der Waals surface area contributed by atoms with Gasteiger partial charge in [-0.3, -0.25) is 4.79 Å². The number of benzene rings is 3. The van der Waals surface area contributed by atoms with Crippen LogP contribution in [0.2, 0.25) is 0 Å². The number of fused-ring (bicyclic) bond motifs is 1. The molecule has 26 heavy (non-hydrogen) atoms. The molecule has 1 heterocycles. The van der Waals surface area contributed by atoms with Crippen LogP contribution in [-0.4, -0.2) is 20.9 Å². The Kier molecular flexibility index (Phi) is 4.26. The molecule has 0 radical (unpaired) electrons. The van der Waals surface area contributed by atoms with Crippen molar-refractivity contribution in [1.82, 2.24) is 15.0 Å². The van der Waals surface area contributed by atoms with Crippen molar-refractivity contribution < 1.29 is 4.79 Å². The van der Waals surface area contributed by atoms with E-state index in [4.69, 9.17) is 0 Å². The molecule has 1 aromatic heterocycles. The van der Waals surface area contributed by atoms with Crippen molar-refractivity contribution in [2.75, 3.05) is 5.32 Å². The molecule has 4 rings (SSSR count). The van der Waals surface area contributed by atoms with Gasteiger partial charge in [0.05, 0.1) is 5.69 Å². The normalized spacial score (nSPS) is 11.1. The van der Waals surface area contributed by atoms with Gasteiger partial charge in [-0.1, -0.05) is 48.5 Å². The Bertz CT molecular complexity index is 1070. The first kappa shape index (κ1) is 15.8. The smallest absolute Gasteiger partial charge is 0.248 e. The lowest BCUT2D eigenvalue weighted by Gasteiger charge is -2.01. The molecule has 0 spiro atoms. The molecule has 0 aliphatic rings. The first-order chi connectivity index (χ1) is 12.8. The summed E-state index contributed by atoms with van der Waals surface area (Å²) >= 11 is 0. The lowest BCUT2D eigenvalue weighted by atomic mass is 10.2. The lowest BCUT2D eigenvalue weighted by molar-refractivity contribution is -0.111. The minimum atomic E-state index is -0.191. The molecule has 0 fully saturated rings. The second-order valence-corrected chi connectivity index (χ2v) is 5.76. The number of amides is 1. The van der Waals surface area contributed by atoms with E-state index in [0.717, 1.165) is 22.3 Å². The fourth-order valence-corrected chi connectivity index (χ4v) is 2.59. The number of para-hydroxylation sites is 1. The van der Waals surface area contributed by atoms with Gasteiger partial charge >= 0.3 is 0 Å². The van der Waals surface area contributed by atoms with Crippen LogP contribution in [0.1, 0.15) is 5.56 Å². The zero-order chi connectivity index (χ0) is 17.8. The number of aromatic nitrogens is 3. The average Bonchev–Trinajstić information content (AvgIpc) is 3.11. The first-order valence-electron chi connectivity index (χ1n) is 8.25. The van der Waals surface area contributed by atoms with E-state index in [1.54, 1.807) is 10.9 Å². The van der Waals surface area contributed by atoms with Crippen LogP contribution in [0.5, 0.6) is 0 Å². The summed E-state index contributed by atoms with van der Waals surface area (Å²) in [5.41, 5.74) is 4.04. The Morgan fingerprint density at radius 1 is 0.846 bits per heavy atom. The number of carbonyl (C=O) groups is 1. The molecule has 0 aliphatic heterocycles. The Labute approximate surface area is 150 Å². The van der Waals surface area contributed by atoms with Crippen LogP contribution in [0.4, 0.5) is 5.69 Å². The molecule has 5 nitrogen and oxygen atoms in total. The molecular formula is C21H16N4O. The standard InChI is InChI=1S/C21H16N4O/c26-21(14-11-16-7-3-1-4-8-16)22-17-12-13-19-20(15-17)24-25(23-19)18-9-5-2-6-10-18/h1-15H,(H,22,26)/b14-11-. The van der Waals surface area contributed by atoms with Gasteiger partial charge < -0.3 is 5.32 Å². The topological polar surface area (TPSA) is 59.8 Å². The van der Waals surface area contributed by atoms with E-state index in [2.05, 4.69) is 15.5 Å². The average molecular weight is 340 g/mol. The molecule has 1 N–H and O–H groups in total. The van der Waals surface area contributed by atoms with Crippen molar-refractivity contribution in [1.29, 1.82) is 0 Å². The second-order valence-electron chi connectivity index (χ2n) is 5.76. The maximum atomic E-state index is 12.1. The highest BCUT2D eigenvalue weighted by Gasteiger charge is 2.06. The number of nitrogens with zero attached hydrogens (tertiary/aromatic N) is 3. The Hall–Kier alpha value is -3.73. The molecule has 5 heteroatoms. The Morgan fingerprint density at radius 3 is 2.31 bits per heavy atom. The highest BCUT2D eigenvalue weighted by atomic mass is 16.1. The van der Waals surface area contributed by atoms with E-state index in [0.29, 0.717) is 5.69 Å². The van der Waals surface area contributed by atoms with Gasteiger partial charge in [0.1, 0.15) is 11.0 Å². The molecule has 0 atom stereocenters. The van der Waals surface area contributed by atoms with Gasteiger partial charge in [0, 0.05) is 11.8 Å². The van der Waals surface area contributed by atoms with Crippen LogP contribution in [0.25, 0.3) is 22.8 Å². The van der Waals surface area contributed by atoms with Crippen LogP contribution in [0.3, 0.4) is 0 Å². The van der Waals surface area contributed by atoms with Gasteiger partial charge in [0.15, 0.2) is 0 Å². The summed E-state index contributed by atoms with van der Waals surface area (Å²) in [7, 11) is 0. The minimum Gasteiger partial charge on any atom is -0.322 e. The summed E-state index contributed by atoms with van der Waals surface area (Å²) in [6, 6.07) is 24.9. The Morgan fingerprint density at radius 2 is 1.54 bits per heavy atom. The third kappa shape index (κ3) is 3.52. The van der Waals surface area contributed by atoms with Gasteiger partial charge in [-0.05, 0) is 42.0 Å². The van der Waals surface area contributed by atoms with E-state index in [1.165, 1.54) is 6.08 Å². The Balaban J connectivity index is 1.52. The zero-order valence-electron chi connectivity index (χ0n) is 13.9. The third-order valence-corrected chi connectivity index (χ3v) is 3.86. The quantitative estimate of drug-likeness (QED) is 0.570. The molecule has 0 saturated heterocycles. The summed E-state index contributed by atoms with van der Waals surface area (Å²) in [5.74, 6) is -0.191. The largest absolute Gasteiger partial charge is 0.322 e. The molecular weight excluding hydrogens is 324 g/mol. The maximum absolute atomic E-state index is 12.1. The monoisotopic (exact) mass is 340 g/mol. The fourth-order valence-electron chi connectivity index (χ4n) is 2.59. The van der Waals surface area contributed by atoms with Crippen LogP contribution in [0, 0.1) is 0 Å². The van der Waals surface area contributed by atoms with Crippen molar-refractivity contribution >= 4 is 28.7 Å². The van der Waals surface area contributed by atoms with Crippen molar-refractivity contribution in [3.8, 4) is 5.69 Å². The summed E-state index contributed by atoms with van der Waals surface area (Å²) in [5, 5.41) is 11.8. The summed E-state index contributed by atoms with van der Waals surface area (Å²) in [6.07, 6.45) is 3.29. The van der Waals surface area contributed by atoms with Crippen LogP contribution in [0.15, 0.2) is 84.9 Å². The molecule has 0 aliphatic carbocycles.